The molecule has 0 aromatic rings. The van der Waals surface area contributed by atoms with Crippen molar-refractivity contribution in [2.75, 3.05) is 0 Å². The number of aliphatic carboxylic acids is 1. The van der Waals surface area contributed by atoms with Crippen LogP contribution in [0.5, 0.6) is 0 Å². The first-order chi connectivity index (χ1) is 8.72. The van der Waals surface area contributed by atoms with Gasteiger partial charge in [0.25, 0.3) is 0 Å². The predicted octanol–water partition coefficient (Wildman–Crippen LogP) is 3.05. The van der Waals surface area contributed by atoms with Gasteiger partial charge in [-0.2, -0.15) is 0 Å². The lowest BCUT2D eigenvalue weighted by atomic mass is 9.78. The topological polar surface area (TPSA) is 54.4 Å². The maximum atomic E-state index is 11.1. The fourth-order valence-electron chi connectivity index (χ4n) is 3.76. The Hall–Kier alpha value is -1.12. The number of carbonyl (C=O) groups is 2. The van der Waals surface area contributed by atoms with Gasteiger partial charge in [-0.1, -0.05) is 12.2 Å². The maximum absolute atomic E-state index is 11.1. The molecule has 2 aliphatic rings. The molecule has 2 rings (SSSR count). The van der Waals surface area contributed by atoms with Crippen molar-refractivity contribution in [3.63, 3.8) is 0 Å². The van der Waals surface area contributed by atoms with E-state index in [0.717, 1.165) is 18.8 Å². The Morgan fingerprint density at radius 3 is 2.72 bits per heavy atom. The zero-order valence-electron chi connectivity index (χ0n) is 10.8. The highest BCUT2D eigenvalue weighted by atomic mass is 16.4. The molecule has 0 aliphatic heterocycles. The van der Waals surface area contributed by atoms with Crippen LogP contribution in [0, 0.1) is 23.7 Å². The second kappa shape index (κ2) is 6.17. The molecular weight excluding hydrogens is 228 g/mol. The first-order valence-corrected chi connectivity index (χ1v) is 7.04. The van der Waals surface area contributed by atoms with Crippen LogP contribution in [0.4, 0.5) is 0 Å². The van der Waals surface area contributed by atoms with Crippen LogP contribution in [0.2, 0.25) is 0 Å². The van der Waals surface area contributed by atoms with Crippen LogP contribution in [0.25, 0.3) is 0 Å². The van der Waals surface area contributed by atoms with Gasteiger partial charge < -0.3 is 9.90 Å². The van der Waals surface area contributed by atoms with Crippen molar-refractivity contribution >= 4 is 12.3 Å². The molecule has 3 nitrogen and oxygen atoms in total. The van der Waals surface area contributed by atoms with E-state index in [1.165, 1.54) is 25.5 Å². The number of allylic oxidation sites excluding steroid dienone is 2. The molecule has 3 heteroatoms. The number of rotatable bonds is 7. The van der Waals surface area contributed by atoms with E-state index in [-0.39, 0.29) is 12.3 Å². The zero-order valence-corrected chi connectivity index (χ0v) is 10.8. The summed E-state index contributed by atoms with van der Waals surface area (Å²) in [7, 11) is 0. The molecule has 100 valence electrons. The minimum absolute atomic E-state index is 0.245. The van der Waals surface area contributed by atoms with Gasteiger partial charge in [0, 0.05) is 12.3 Å². The van der Waals surface area contributed by atoms with Crippen molar-refractivity contribution in [3.05, 3.63) is 12.2 Å². The summed E-state index contributed by atoms with van der Waals surface area (Å²) in [5.41, 5.74) is 0. The van der Waals surface area contributed by atoms with Gasteiger partial charge in [0.1, 0.15) is 6.29 Å². The fourth-order valence-corrected chi connectivity index (χ4v) is 3.76. The van der Waals surface area contributed by atoms with Gasteiger partial charge in [0.05, 0.1) is 0 Å². The Balaban J connectivity index is 1.71. The van der Waals surface area contributed by atoms with Crippen molar-refractivity contribution in [2.45, 2.75) is 44.9 Å². The fraction of sp³-hybridized carbons (Fsp3) is 0.733. The molecule has 2 saturated carbocycles. The number of aldehydes is 1. The van der Waals surface area contributed by atoms with E-state index in [9.17, 15) is 9.59 Å². The van der Waals surface area contributed by atoms with E-state index < -0.39 is 5.97 Å². The van der Waals surface area contributed by atoms with Crippen molar-refractivity contribution in [1.29, 1.82) is 0 Å². The molecule has 1 N–H and O–H groups in total. The highest BCUT2D eigenvalue weighted by Gasteiger charge is 2.46. The molecule has 2 bridgehead atoms. The third-order valence-electron chi connectivity index (χ3n) is 4.65. The van der Waals surface area contributed by atoms with Crippen LogP contribution < -0.4 is 0 Å². The molecule has 0 unspecified atom stereocenters. The monoisotopic (exact) mass is 250 g/mol. The van der Waals surface area contributed by atoms with Gasteiger partial charge in [-0.25, -0.2) is 0 Å². The van der Waals surface area contributed by atoms with Crippen molar-refractivity contribution in [3.8, 4) is 0 Å². The average molecular weight is 250 g/mol. The van der Waals surface area contributed by atoms with Crippen LogP contribution in [-0.4, -0.2) is 17.4 Å². The van der Waals surface area contributed by atoms with E-state index in [0.29, 0.717) is 18.3 Å². The molecule has 0 radical (unpaired) electrons. The van der Waals surface area contributed by atoms with Gasteiger partial charge >= 0.3 is 5.97 Å². The third-order valence-corrected chi connectivity index (χ3v) is 4.65. The normalized spacial score (nSPS) is 34.2. The Kier molecular flexibility index (Phi) is 4.56. The highest BCUT2D eigenvalue weighted by molar-refractivity contribution is 5.66. The molecule has 0 saturated heterocycles. The number of hydrogen-bond donors (Lipinski definition) is 1. The van der Waals surface area contributed by atoms with Gasteiger partial charge in [-0.15, -0.1) is 0 Å². The Morgan fingerprint density at radius 1 is 1.22 bits per heavy atom. The summed E-state index contributed by atoms with van der Waals surface area (Å²) in [4.78, 5) is 21.5. The quantitative estimate of drug-likeness (QED) is 0.429. The van der Waals surface area contributed by atoms with Gasteiger partial charge in [0.2, 0.25) is 0 Å². The number of carboxylic acids is 1. The molecular formula is C15H22O3. The van der Waals surface area contributed by atoms with E-state index in [2.05, 4.69) is 12.2 Å². The highest BCUT2D eigenvalue weighted by Crippen LogP contribution is 2.52. The number of carbonyl (C=O) groups excluding carboxylic acids is 1. The first kappa shape index (κ1) is 13.3. The smallest absolute Gasteiger partial charge is 0.303 e. The van der Waals surface area contributed by atoms with Crippen molar-refractivity contribution in [2.24, 2.45) is 23.7 Å². The van der Waals surface area contributed by atoms with Crippen LogP contribution in [0.15, 0.2) is 12.2 Å². The molecule has 0 heterocycles. The molecule has 2 fully saturated rings. The summed E-state index contributed by atoms with van der Waals surface area (Å²) in [6.07, 6.45) is 12.0. The van der Waals surface area contributed by atoms with Gasteiger partial charge in [0.15, 0.2) is 0 Å². The van der Waals surface area contributed by atoms with E-state index in [4.69, 9.17) is 5.11 Å². The minimum Gasteiger partial charge on any atom is -0.481 e. The number of hydrogen-bond acceptors (Lipinski definition) is 2. The molecule has 18 heavy (non-hydrogen) atoms. The maximum Gasteiger partial charge on any atom is 0.303 e. The SMILES string of the molecule is O=C[C@H]1[C@H]2CC[C@H](C2)[C@@H]1CC=CCCCC(=O)O. The first-order valence-electron chi connectivity index (χ1n) is 7.04. The Bertz CT molecular complexity index is 335. The lowest BCUT2D eigenvalue weighted by Gasteiger charge is -2.26. The zero-order chi connectivity index (χ0) is 13.0. The van der Waals surface area contributed by atoms with Gasteiger partial charge in [-0.05, 0) is 56.3 Å². The van der Waals surface area contributed by atoms with Crippen LogP contribution >= 0.6 is 0 Å². The van der Waals surface area contributed by atoms with Crippen LogP contribution in [0.3, 0.4) is 0 Å². The van der Waals surface area contributed by atoms with E-state index >= 15 is 0 Å². The molecule has 0 aromatic carbocycles. The third kappa shape index (κ3) is 3.01. The second-order valence-corrected chi connectivity index (χ2v) is 5.70. The lowest BCUT2D eigenvalue weighted by molar-refractivity contribution is -0.137. The summed E-state index contributed by atoms with van der Waals surface area (Å²) in [5.74, 6) is 1.52. The Labute approximate surface area is 108 Å². The van der Waals surface area contributed by atoms with E-state index in [1.807, 2.05) is 0 Å². The molecule has 2 aliphatic carbocycles. The molecule has 4 atom stereocenters. The molecule has 0 aromatic heterocycles. The summed E-state index contributed by atoms with van der Waals surface area (Å²) in [6, 6.07) is 0. The molecule has 0 spiro atoms. The summed E-state index contributed by atoms with van der Waals surface area (Å²) in [6.45, 7) is 0. The summed E-state index contributed by atoms with van der Waals surface area (Å²) >= 11 is 0. The minimum atomic E-state index is -0.725. The summed E-state index contributed by atoms with van der Waals surface area (Å²) < 4.78 is 0. The van der Waals surface area contributed by atoms with Crippen LogP contribution in [0.1, 0.15) is 44.9 Å². The lowest BCUT2D eigenvalue weighted by Crippen LogP contribution is -2.22. The Morgan fingerprint density at radius 2 is 2.00 bits per heavy atom. The van der Waals surface area contributed by atoms with Gasteiger partial charge in [-0.3, -0.25) is 4.79 Å². The van der Waals surface area contributed by atoms with Crippen molar-refractivity contribution in [1.82, 2.24) is 0 Å². The van der Waals surface area contributed by atoms with E-state index in [1.54, 1.807) is 0 Å². The number of unbranched alkanes of at least 4 members (excludes halogenated alkanes) is 1. The number of fused-ring (bicyclic) bond motifs is 2. The van der Waals surface area contributed by atoms with Crippen molar-refractivity contribution < 1.29 is 14.7 Å². The number of carboxylic acid groups (broad SMARTS) is 1. The second-order valence-electron chi connectivity index (χ2n) is 5.70. The standard InChI is InChI=1S/C15H22O3/c16-10-14-12-8-7-11(9-12)13(14)5-3-1-2-4-6-15(17)18/h1,3,10-14H,2,4-9H2,(H,17,18)/t11-,12+,13+,14+/m1/s1. The average Bonchev–Trinajstić information content (AvgIpc) is 2.93. The molecule has 0 amide bonds. The largest absolute Gasteiger partial charge is 0.481 e. The van der Waals surface area contributed by atoms with Crippen LogP contribution in [-0.2, 0) is 9.59 Å². The summed E-state index contributed by atoms with van der Waals surface area (Å²) in [5, 5.41) is 8.52. The predicted molar refractivity (Wildman–Crippen MR) is 69.1 cm³/mol.